The first-order valence-electron chi connectivity index (χ1n) is 4.83. The van der Waals surface area contributed by atoms with Crippen LogP contribution in [0.1, 0.15) is 0 Å². The van der Waals surface area contributed by atoms with Gasteiger partial charge in [-0.25, -0.2) is 8.78 Å². The molecule has 0 amide bonds. The lowest BCUT2D eigenvalue weighted by Gasteiger charge is -2.10. The SMILES string of the molecule is Fc1cccc(F)c1Nc1c(F)c(F)nc(F)c1F. The lowest BCUT2D eigenvalue weighted by molar-refractivity contribution is 0.411. The Morgan fingerprint density at radius 2 is 1.21 bits per heavy atom. The van der Waals surface area contributed by atoms with Crippen molar-refractivity contribution in [1.82, 2.24) is 4.98 Å². The maximum atomic E-state index is 13.3. The molecule has 100 valence electrons. The van der Waals surface area contributed by atoms with E-state index in [-0.39, 0.29) is 0 Å². The summed E-state index contributed by atoms with van der Waals surface area (Å²) in [6, 6.07) is 2.61. The Kier molecular flexibility index (Phi) is 3.32. The van der Waals surface area contributed by atoms with Crippen molar-refractivity contribution in [3.05, 3.63) is 53.4 Å². The van der Waals surface area contributed by atoms with Gasteiger partial charge < -0.3 is 5.32 Å². The van der Waals surface area contributed by atoms with E-state index >= 15 is 0 Å². The van der Waals surface area contributed by atoms with Crippen LogP contribution >= 0.6 is 0 Å². The van der Waals surface area contributed by atoms with Crippen LogP contribution in [0.3, 0.4) is 0 Å². The van der Waals surface area contributed by atoms with Crippen molar-refractivity contribution in [2.24, 2.45) is 0 Å². The molecule has 0 aliphatic rings. The van der Waals surface area contributed by atoms with Crippen LogP contribution in [0.4, 0.5) is 37.7 Å². The van der Waals surface area contributed by atoms with Crippen LogP contribution in [0.2, 0.25) is 0 Å². The molecule has 19 heavy (non-hydrogen) atoms. The maximum Gasteiger partial charge on any atom is 0.253 e. The second kappa shape index (κ2) is 4.79. The number of nitrogens with zero attached hydrogens (tertiary/aromatic N) is 1. The molecule has 2 nitrogen and oxygen atoms in total. The zero-order valence-electron chi connectivity index (χ0n) is 8.95. The quantitative estimate of drug-likeness (QED) is 0.670. The number of halogens is 6. The van der Waals surface area contributed by atoms with Crippen molar-refractivity contribution >= 4 is 11.4 Å². The van der Waals surface area contributed by atoms with E-state index in [0.29, 0.717) is 0 Å². The Morgan fingerprint density at radius 3 is 1.68 bits per heavy atom. The number of anilines is 2. The summed E-state index contributed by atoms with van der Waals surface area (Å²) in [5, 5.41) is 1.64. The highest BCUT2D eigenvalue weighted by atomic mass is 19.2. The fraction of sp³-hybridized carbons (Fsp3) is 0. The van der Waals surface area contributed by atoms with Crippen molar-refractivity contribution in [2.45, 2.75) is 0 Å². The third-order valence-electron chi connectivity index (χ3n) is 2.21. The molecule has 2 rings (SSSR count). The van der Waals surface area contributed by atoms with Gasteiger partial charge in [0, 0.05) is 0 Å². The summed E-state index contributed by atoms with van der Waals surface area (Å²) in [6.45, 7) is 0. The van der Waals surface area contributed by atoms with Crippen LogP contribution in [0.25, 0.3) is 0 Å². The molecule has 1 aromatic heterocycles. The molecular formula is C11H4F6N2. The fourth-order valence-corrected chi connectivity index (χ4v) is 1.34. The summed E-state index contributed by atoms with van der Waals surface area (Å²) in [5.74, 6) is -10.0. The van der Waals surface area contributed by atoms with Crippen molar-refractivity contribution in [3.8, 4) is 0 Å². The van der Waals surface area contributed by atoms with Crippen LogP contribution in [0.5, 0.6) is 0 Å². The Morgan fingerprint density at radius 1 is 0.737 bits per heavy atom. The number of pyridine rings is 1. The fourth-order valence-electron chi connectivity index (χ4n) is 1.34. The molecule has 8 heteroatoms. The zero-order valence-corrected chi connectivity index (χ0v) is 8.95. The highest BCUT2D eigenvalue weighted by Crippen LogP contribution is 2.28. The molecule has 0 bridgehead atoms. The van der Waals surface area contributed by atoms with Crippen molar-refractivity contribution < 1.29 is 26.3 Å². The highest BCUT2D eigenvalue weighted by molar-refractivity contribution is 5.61. The van der Waals surface area contributed by atoms with Crippen molar-refractivity contribution in [3.63, 3.8) is 0 Å². The van der Waals surface area contributed by atoms with Gasteiger partial charge in [0.2, 0.25) is 11.6 Å². The second-order valence-corrected chi connectivity index (χ2v) is 3.42. The summed E-state index contributed by atoms with van der Waals surface area (Å²) in [7, 11) is 0. The molecule has 0 fully saturated rings. The molecule has 0 saturated carbocycles. The van der Waals surface area contributed by atoms with Gasteiger partial charge in [-0.15, -0.1) is 0 Å². The number of benzene rings is 1. The summed E-state index contributed by atoms with van der Waals surface area (Å²) in [4.78, 5) is 2.31. The van der Waals surface area contributed by atoms with Crippen LogP contribution in [0.15, 0.2) is 18.2 Å². The first-order valence-corrected chi connectivity index (χ1v) is 4.83. The van der Waals surface area contributed by atoms with E-state index in [9.17, 15) is 26.3 Å². The van der Waals surface area contributed by atoms with E-state index in [4.69, 9.17) is 0 Å². The Labute approximate surface area is 102 Å². The second-order valence-electron chi connectivity index (χ2n) is 3.42. The third-order valence-corrected chi connectivity index (χ3v) is 2.21. The van der Waals surface area contributed by atoms with E-state index in [1.54, 1.807) is 5.32 Å². The van der Waals surface area contributed by atoms with E-state index in [0.717, 1.165) is 18.2 Å². The van der Waals surface area contributed by atoms with Crippen molar-refractivity contribution in [1.29, 1.82) is 0 Å². The van der Waals surface area contributed by atoms with Crippen molar-refractivity contribution in [2.75, 3.05) is 5.32 Å². The molecule has 1 heterocycles. The van der Waals surface area contributed by atoms with E-state index in [1.165, 1.54) is 0 Å². The highest BCUT2D eigenvalue weighted by Gasteiger charge is 2.22. The largest absolute Gasteiger partial charge is 0.346 e. The molecule has 1 N–H and O–H groups in total. The average molecular weight is 278 g/mol. The number of hydrogen-bond donors (Lipinski definition) is 1. The molecule has 1 aromatic carbocycles. The number of nitrogens with one attached hydrogen (secondary N) is 1. The smallest absolute Gasteiger partial charge is 0.253 e. The van der Waals surface area contributed by atoms with Crippen LogP contribution in [-0.4, -0.2) is 4.98 Å². The molecular weight excluding hydrogens is 274 g/mol. The number of aromatic nitrogens is 1. The lowest BCUT2D eigenvalue weighted by Crippen LogP contribution is -2.07. The van der Waals surface area contributed by atoms with E-state index in [1.807, 2.05) is 0 Å². The minimum absolute atomic E-state index is 0.801. The molecule has 0 spiro atoms. The van der Waals surface area contributed by atoms with Crippen LogP contribution in [-0.2, 0) is 0 Å². The molecule has 0 unspecified atom stereocenters. The van der Waals surface area contributed by atoms with Gasteiger partial charge in [-0.3, -0.25) is 0 Å². The van der Waals surface area contributed by atoms with Gasteiger partial charge in [0.1, 0.15) is 23.0 Å². The maximum absolute atomic E-state index is 13.3. The molecule has 0 aliphatic heterocycles. The monoisotopic (exact) mass is 278 g/mol. The Hall–Kier alpha value is -2.25. The van der Waals surface area contributed by atoms with Gasteiger partial charge in [0.15, 0.2) is 0 Å². The first-order chi connectivity index (χ1) is 8.91. The average Bonchev–Trinajstić information content (AvgIpc) is 2.35. The van der Waals surface area contributed by atoms with Gasteiger partial charge >= 0.3 is 0 Å². The Balaban J connectivity index is 2.56. The number of para-hydroxylation sites is 1. The lowest BCUT2D eigenvalue weighted by atomic mass is 10.2. The normalized spacial score (nSPS) is 10.6. The number of hydrogen-bond acceptors (Lipinski definition) is 2. The van der Waals surface area contributed by atoms with Gasteiger partial charge in [-0.05, 0) is 12.1 Å². The van der Waals surface area contributed by atoms with Gasteiger partial charge in [0.25, 0.3) is 11.9 Å². The molecule has 0 radical (unpaired) electrons. The van der Waals surface area contributed by atoms with E-state index < -0.39 is 46.5 Å². The predicted molar refractivity (Wildman–Crippen MR) is 53.7 cm³/mol. The molecule has 0 aliphatic carbocycles. The van der Waals surface area contributed by atoms with Crippen LogP contribution in [0, 0.1) is 35.2 Å². The van der Waals surface area contributed by atoms with Gasteiger partial charge in [0.05, 0.1) is 0 Å². The minimum atomic E-state index is -1.93. The van der Waals surface area contributed by atoms with E-state index in [2.05, 4.69) is 4.98 Å². The molecule has 2 aromatic rings. The molecule has 0 atom stereocenters. The van der Waals surface area contributed by atoms with Gasteiger partial charge in [-0.1, -0.05) is 6.07 Å². The summed E-state index contributed by atoms with van der Waals surface area (Å²) in [5.41, 5.74) is -2.31. The predicted octanol–water partition coefficient (Wildman–Crippen LogP) is 3.66. The standard InChI is InChI=1S/C11H4F6N2/c12-4-2-1-3-5(13)8(4)18-9-6(14)10(16)19-11(17)7(9)15/h1-3H,(H,18,19). The van der Waals surface area contributed by atoms with Gasteiger partial charge in [-0.2, -0.15) is 22.5 Å². The van der Waals surface area contributed by atoms with Crippen LogP contribution < -0.4 is 5.32 Å². The Bertz CT molecular complexity index is 597. The third kappa shape index (κ3) is 2.33. The zero-order chi connectivity index (χ0) is 14.2. The summed E-state index contributed by atoms with van der Waals surface area (Å²) in [6.07, 6.45) is 0. The topological polar surface area (TPSA) is 24.9 Å². The number of rotatable bonds is 2. The molecule has 0 saturated heterocycles. The minimum Gasteiger partial charge on any atom is -0.346 e. The first kappa shape index (κ1) is 13.2. The summed E-state index contributed by atoms with van der Waals surface area (Å²) >= 11 is 0. The summed E-state index contributed by atoms with van der Waals surface area (Å²) < 4.78 is 78.6.